The Morgan fingerprint density at radius 3 is 2.36 bits per heavy atom. The van der Waals surface area contributed by atoms with E-state index in [1.54, 1.807) is 0 Å². The fourth-order valence-electron chi connectivity index (χ4n) is 0.809. The van der Waals surface area contributed by atoms with Crippen molar-refractivity contribution in [1.29, 1.82) is 0 Å². The van der Waals surface area contributed by atoms with Crippen molar-refractivity contribution in [3.63, 3.8) is 0 Å². The average molecular weight is 197 g/mol. The number of hydrogen-bond acceptors (Lipinski definition) is 4. The number of morpholine rings is 1. The average Bonchev–Trinajstić information content (AvgIpc) is 1.85. The van der Waals surface area contributed by atoms with Crippen molar-refractivity contribution < 1.29 is 9.30 Å². The summed E-state index contributed by atoms with van der Waals surface area (Å²) in [5.41, 5.74) is 10.4. The molecule has 0 saturated carbocycles. The Morgan fingerprint density at radius 2 is 1.91 bits per heavy atom. The highest BCUT2D eigenvalue weighted by Crippen LogP contribution is 2.44. The fraction of sp³-hybridized carbons (Fsp3) is 1.00. The molecule has 0 radical (unpaired) electrons. The minimum atomic E-state index is -2.95. The minimum absolute atomic E-state index is 0.660. The summed E-state index contributed by atoms with van der Waals surface area (Å²) >= 11 is 1.04. The van der Waals surface area contributed by atoms with Gasteiger partial charge in [-0.1, -0.05) is 0 Å². The van der Waals surface area contributed by atoms with Gasteiger partial charge in [0.25, 0.3) is 6.65 Å². The van der Waals surface area contributed by atoms with E-state index in [1.165, 1.54) is 0 Å². The summed E-state index contributed by atoms with van der Waals surface area (Å²) in [6.45, 7) is -0.149. The van der Waals surface area contributed by atoms with Crippen LogP contribution in [0, 0.1) is 0 Å². The van der Waals surface area contributed by atoms with E-state index in [-0.39, 0.29) is 0 Å². The molecule has 1 heterocycles. The Hall–Kier alpha value is 0.420. The van der Waals surface area contributed by atoms with Crippen LogP contribution in [0.1, 0.15) is 0 Å². The molecule has 0 spiro atoms. The maximum atomic E-state index is 10.9. The van der Waals surface area contributed by atoms with E-state index in [0.29, 0.717) is 13.2 Å². The SMILES string of the molecule is NP(N)(=O)SN1CCOCC1. The summed E-state index contributed by atoms with van der Waals surface area (Å²) in [5.74, 6) is 0. The van der Waals surface area contributed by atoms with Gasteiger partial charge in [0, 0.05) is 24.7 Å². The first-order valence-corrected chi connectivity index (χ1v) is 6.50. The zero-order valence-electron chi connectivity index (χ0n) is 6.10. The molecule has 1 saturated heterocycles. The molecule has 1 rings (SSSR count). The second-order valence-electron chi connectivity index (χ2n) is 2.27. The summed E-state index contributed by atoms with van der Waals surface area (Å²) in [6, 6.07) is 0. The van der Waals surface area contributed by atoms with Crippen molar-refractivity contribution in [3.05, 3.63) is 0 Å². The van der Waals surface area contributed by atoms with E-state index in [1.807, 2.05) is 4.31 Å². The van der Waals surface area contributed by atoms with Gasteiger partial charge in [0.05, 0.1) is 13.2 Å². The Bertz CT molecular complexity index is 167. The zero-order valence-corrected chi connectivity index (χ0v) is 7.81. The molecule has 1 fully saturated rings. The lowest BCUT2D eigenvalue weighted by molar-refractivity contribution is 0.0778. The van der Waals surface area contributed by atoms with Gasteiger partial charge in [0.2, 0.25) is 0 Å². The Morgan fingerprint density at radius 1 is 1.36 bits per heavy atom. The summed E-state index contributed by atoms with van der Waals surface area (Å²) in [7, 11) is 0. The molecule has 0 amide bonds. The van der Waals surface area contributed by atoms with Crippen LogP contribution < -0.4 is 11.0 Å². The summed E-state index contributed by atoms with van der Waals surface area (Å²) in [6.07, 6.45) is 0. The van der Waals surface area contributed by atoms with Crippen molar-refractivity contribution in [3.8, 4) is 0 Å². The fourth-order valence-corrected chi connectivity index (χ4v) is 3.05. The van der Waals surface area contributed by atoms with Gasteiger partial charge in [-0.25, -0.2) is 4.31 Å². The highest BCUT2D eigenvalue weighted by atomic mass is 32.7. The molecule has 0 aromatic rings. The predicted molar refractivity (Wildman–Crippen MR) is 46.0 cm³/mol. The van der Waals surface area contributed by atoms with Gasteiger partial charge in [0.15, 0.2) is 0 Å². The normalized spacial score (nSPS) is 22.0. The van der Waals surface area contributed by atoms with E-state index >= 15 is 0 Å². The van der Waals surface area contributed by atoms with Gasteiger partial charge < -0.3 is 4.74 Å². The van der Waals surface area contributed by atoms with Crippen LogP contribution in [0.5, 0.6) is 0 Å². The lowest BCUT2D eigenvalue weighted by Crippen LogP contribution is -2.31. The molecule has 0 atom stereocenters. The lowest BCUT2D eigenvalue weighted by Gasteiger charge is -2.25. The molecule has 0 aliphatic carbocycles. The van der Waals surface area contributed by atoms with E-state index in [9.17, 15) is 4.57 Å². The van der Waals surface area contributed by atoms with Crippen molar-refractivity contribution in [2.75, 3.05) is 26.3 Å². The molecule has 0 bridgehead atoms. The first kappa shape index (κ1) is 9.51. The van der Waals surface area contributed by atoms with Crippen LogP contribution in [-0.2, 0) is 9.30 Å². The monoisotopic (exact) mass is 197 g/mol. The molecule has 7 heteroatoms. The minimum Gasteiger partial charge on any atom is -0.379 e. The topological polar surface area (TPSA) is 81.6 Å². The van der Waals surface area contributed by atoms with Crippen LogP contribution in [-0.4, -0.2) is 30.6 Å². The van der Waals surface area contributed by atoms with E-state index in [0.717, 1.165) is 24.7 Å². The van der Waals surface area contributed by atoms with Crippen molar-refractivity contribution in [2.45, 2.75) is 0 Å². The molecule has 11 heavy (non-hydrogen) atoms. The highest BCUT2D eigenvalue weighted by molar-refractivity contribution is 8.55. The molecule has 4 N–H and O–H groups in total. The molecule has 5 nitrogen and oxygen atoms in total. The molecular weight excluding hydrogens is 185 g/mol. The summed E-state index contributed by atoms with van der Waals surface area (Å²) in [4.78, 5) is 0. The molecule has 0 aromatic carbocycles. The second-order valence-corrected chi connectivity index (χ2v) is 6.44. The maximum absolute atomic E-state index is 10.9. The van der Waals surface area contributed by atoms with Crippen molar-refractivity contribution >= 4 is 18.2 Å². The van der Waals surface area contributed by atoms with Gasteiger partial charge >= 0.3 is 0 Å². The van der Waals surface area contributed by atoms with Crippen LogP contribution in [0.25, 0.3) is 0 Å². The lowest BCUT2D eigenvalue weighted by atomic mass is 10.5. The number of ether oxygens (including phenoxy) is 1. The van der Waals surface area contributed by atoms with Gasteiger partial charge in [-0.05, 0) is 0 Å². The molecule has 0 aromatic heterocycles. The van der Waals surface area contributed by atoms with Crippen LogP contribution >= 0.6 is 18.2 Å². The third-order valence-corrected chi connectivity index (χ3v) is 3.52. The van der Waals surface area contributed by atoms with E-state index < -0.39 is 6.65 Å². The van der Waals surface area contributed by atoms with Gasteiger partial charge in [0.1, 0.15) is 0 Å². The Balaban J connectivity index is 2.30. The Labute approximate surface area is 69.8 Å². The maximum Gasteiger partial charge on any atom is 0.275 e. The number of rotatable bonds is 2. The predicted octanol–water partition coefficient (Wildman–Crippen LogP) is -0.00770. The van der Waals surface area contributed by atoms with Gasteiger partial charge in [-0.15, -0.1) is 0 Å². The van der Waals surface area contributed by atoms with E-state index in [2.05, 4.69) is 0 Å². The Kier molecular flexibility index (Phi) is 3.36. The number of nitrogens with two attached hydrogens (primary N) is 2. The summed E-state index contributed by atoms with van der Waals surface area (Å²) < 4.78 is 17.9. The first-order valence-electron chi connectivity index (χ1n) is 3.27. The zero-order chi connectivity index (χ0) is 8.32. The standard InChI is InChI=1S/C4H12N3O2PS/c5-10(6,8)11-7-1-3-9-4-2-7/h1-4H2,(H4,5,6,8). The highest BCUT2D eigenvalue weighted by Gasteiger charge is 2.18. The molecule has 0 unspecified atom stereocenters. The van der Waals surface area contributed by atoms with Crippen LogP contribution in [0.3, 0.4) is 0 Å². The first-order chi connectivity index (χ1) is 5.08. The van der Waals surface area contributed by atoms with Crippen LogP contribution in [0.4, 0.5) is 0 Å². The molecule has 1 aliphatic rings. The van der Waals surface area contributed by atoms with Gasteiger partial charge in [-0.3, -0.25) is 15.6 Å². The van der Waals surface area contributed by atoms with Gasteiger partial charge in [-0.2, -0.15) is 0 Å². The summed E-state index contributed by atoms with van der Waals surface area (Å²) in [5, 5.41) is 0. The second kappa shape index (κ2) is 3.89. The largest absolute Gasteiger partial charge is 0.379 e. The third-order valence-electron chi connectivity index (χ3n) is 1.21. The number of hydrogen-bond donors (Lipinski definition) is 2. The molecule has 1 aliphatic heterocycles. The smallest absolute Gasteiger partial charge is 0.275 e. The van der Waals surface area contributed by atoms with Crippen LogP contribution in [0.15, 0.2) is 0 Å². The number of nitrogens with zero attached hydrogens (tertiary/aromatic N) is 1. The third kappa shape index (κ3) is 4.10. The molecule has 66 valence electrons. The van der Waals surface area contributed by atoms with E-state index in [4.69, 9.17) is 15.7 Å². The quantitative estimate of drug-likeness (QED) is 0.478. The van der Waals surface area contributed by atoms with Crippen molar-refractivity contribution in [2.24, 2.45) is 11.0 Å². The van der Waals surface area contributed by atoms with Crippen LogP contribution in [0.2, 0.25) is 0 Å². The van der Waals surface area contributed by atoms with Crippen molar-refractivity contribution in [1.82, 2.24) is 4.31 Å². The molecular formula is C4H12N3O2PS.